The predicted molar refractivity (Wildman–Crippen MR) is 90.1 cm³/mol. The molecule has 0 spiro atoms. The van der Waals surface area contributed by atoms with Gasteiger partial charge in [-0.05, 0) is 50.0 Å². The summed E-state index contributed by atoms with van der Waals surface area (Å²) in [6, 6.07) is 1.46. The summed E-state index contributed by atoms with van der Waals surface area (Å²) in [5.41, 5.74) is 0. The molecule has 1 N–H and O–H groups in total. The van der Waals surface area contributed by atoms with Crippen molar-refractivity contribution >= 4 is 0 Å². The lowest BCUT2D eigenvalue weighted by Gasteiger charge is -2.42. The summed E-state index contributed by atoms with van der Waals surface area (Å²) in [5.74, 6) is 2.44. The van der Waals surface area contributed by atoms with E-state index in [1.807, 2.05) is 0 Å². The van der Waals surface area contributed by atoms with Gasteiger partial charge in [-0.25, -0.2) is 0 Å². The molecule has 0 bridgehead atoms. The molecule has 1 heterocycles. The molecule has 0 saturated carbocycles. The zero-order valence-electron chi connectivity index (χ0n) is 14.8. The van der Waals surface area contributed by atoms with Crippen LogP contribution in [-0.4, -0.2) is 36.6 Å². The molecule has 0 aromatic rings. The van der Waals surface area contributed by atoms with Crippen molar-refractivity contribution in [1.82, 2.24) is 10.2 Å². The maximum atomic E-state index is 3.79. The van der Waals surface area contributed by atoms with Crippen LogP contribution in [0, 0.1) is 17.8 Å². The first-order valence-corrected chi connectivity index (χ1v) is 8.85. The van der Waals surface area contributed by atoms with E-state index in [4.69, 9.17) is 0 Å². The number of hydrogen-bond donors (Lipinski definition) is 1. The van der Waals surface area contributed by atoms with E-state index in [0.717, 1.165) is 23.8 Å². The van der Waals surface area contributed by atoms with Gasteiger partial charge in [0.15, 0.2) is 0 Å². The largest absolute Gasteiger partial charge is 0.311 e. The minimum absolute atomic E-state index is 0.706. The van der Waals surface area contributed by atoms with E-state index in [1.54, 1.807) is 0 Å². The van der Waals surface area contributed by atoms with Crippen LogP contribution >= 0.6 is 0 Å². The van der Waals surface area contributed by atoms with Gasteiger partial charge in [-0.1, -0.05) is 41.5 Å². The van der Waals surface area contributed by atoms with Crippen LogP contribution < -0.4 is 5.32 Å². The predicted octanol–water partition coefficient (Wildman–Crippen LogP) is 4.16. The van der Waals surface area contributed by atoms with Crippen molar-refractivity contribution in [3.63, 3.8) is 0 Å². The average Bonchev–Trinajstić information content (AvgIpc) is 2.30. The molecule has 2 unspecified atom stereocenters. The van der Waals surface area contributed by atoms with Gasteiger partial charge >= 0.3 is 0 Å². The molecular formula is C18H38N2. The van der Waals surface area contributed by atoms with Gasteiger partial charge in [-0.2, -0.15) is 0 Å². The first kappa shape index (κ1) is 18.0. The van der Waals surface area contributed by atoms with Crippen molar-refractivity contribution in [2.24, 2.45) is 17.8 Å². The average molecular weight is 283 g/mol. The second-order valence-electron chi connectivity index (χ2n) is 8.05. The summed E-state index contributed by atoms with van der Waals surface area (Å²) in [5, 5.41) is 3.79. The van der Waals surface area contributed by atoms with Crippen LogP contribution in [0.25, 0.3) is 0 Å². The Bertz CT molecular complexity index is 248. The second-order valence-corrected chi connectivity index (χ2v) is 8.05. The molecule has 1 aliphatic rings. The molecule has 1 rings (SSSR count). The number of piperazine rings is 1. The van der Waals surface area contributed by atoms with Crippen LogP contribution in [-0.2, 0) is 0 Å². The van der Waals surface area contributed by atoms with Gasteiger partial charge in [0, 0.05) is 25.2 Å². The maximum Gasteiger partial charge on any atom is 0.0223 e. The first-order chi connectivity index (χ1) is 9.38. The molecule has 2 atom stereocenters. The standard InChI is InChI=1S/C18H38N2/c1-14(2)8-7-9-20-13-17(10-15(3)4)19-12-18(20)11-16(5)6/h14-19H,7-13H2,1-6H3. The lowest BCUT2D eigenvalue weighted by atomic mass is 9.95. The topological polar surface area (TPSA) is 15.3 Å². The maximum absolute atomic E-state index is 3.79. The summed E-state index contributed by atoms with van der Waals surface area (Å²) in [7, 11) is 0. The van der Waals surface area contributed by atoms with E-state index < -0.39 is 0 Å². The van der Waals surface area contributed by atoms with E-state index in [1.165, 1.54) is 45.3 Å². The second kappa shape index (κ2) is 9.04. The van der Waals surface area contributed by atoms with Crippen LogP contribution in [0.1, 0.15) is 67.2 Å². The normalized spacial score (nSPS) is 25.1. The van der Waals surface area contributed by atoms with Crippen molar-refractivity contribution in [3.05, 3.63) is 0 Å². The van der Waals surface area contributed by atoms with Gasteiger partial charge in [0.05, 0.1) is 0 Å². The van der Waals surface area contributed by atoms with Gasteiger partial charge in [-0.3, -0.25) is 4.90 Å². The van der Waals surface area contributed by atoms with Gasteiger partial charge in [0.1, 0.15) is 0 Å². The van der Waals surface area contributed by atoms with Gasteiger partial charge in [-0.15, -0.1) is 0 Å². The van der Waals surface area contributed by atoms with E-state index in [2.05, 4.69) is 51.8 Å². The van der Waals surface area contributed by atoms with Crippen molar-refractivity contribution in [2.45, 2.75) is 79.3 Å². The molecule has 120 valence electrons. The minimum Gasteiger partial charge on any atom is -0.311 e. The highest BCUT2D eigenvalue weighted by molar-refractivity contribution is 4.87. The van der Waals surface area contributed by atoms with Crippen molar-refractivity contribution in [3.8, 4) is 0 Å². The number of nitrogens with zero attached hydrogens (tertiary/aromatic N) is 1. The fourth-order valence-corrected chi connectivity index (χ4v) is 3.41. The lowest BCUT2D eigenvalue weighted by Crippen LogP contribution is -2.57. The van der Waals surface area contributed by atoms with Crippen LogP contribution in [0.3, 0.4) is 0 Å². The van der Waals surface area contributed by atoms with Crippen LogP contribution in [0.2, 0.25) is 0 Å². The van der Waals surface area contributed by atoms with Gasteiger partial charge in [0.25, 0.3) is 0 Å². The Kier molecular flexibility index (Phi) is 8.13. The van der Waals surface area contributed by atoms with Crippen LogP contribution in [0.15, 0.2) is 0 Å². The first-order valence-electron chi connectivity index (χ1n) is 8.85. The monoisotopic (exact) mass is 282 g/mol. The fraction of sp³-hybridized carbons (Fsp3) is 1.00. The molecule has 0 aromatic heterocycles. The highest BCUT2D eigenvalue weighted by Gasteiger charge is 2.28. The molecule has 0 amide bonds. The van der Waals surface area contributed by atoms with E-state index >= 15 is 0 Å². The van der Waals surface area contributed by atoms with E-state index in [-0.39, 0.29) is 0 Å². The molecule has 2 nitrogen and oxygen atoms in total. The third kappa shape index (κ3) is 7.08. The Morgan fingerprint density at radius 1 is 0.950 bits per heavy atom. The molecule has 0 aromatic carbocycles. The summed E-state index contributed by atoms with van der Waals surface area (Å²) < 4.78 is 0. The summed E-state index contributed by atoms with van der Waals surface area (Å²) in [6.07, 6.45) is 5.38. The van der Waals surface area contributed by atoms with Crippen molar-refractivity contribution in [2.75, 3.05) is 19.6 Å². The Hall–Kier alpha value is -0.0800. The van der Waals surface area contributed by atoms with E-state index in [0.29, 0.717) is 6.04 Å². The smallest absolute Gasteiger partial charge is 0.0223 e. The Morgan fingerprint density at radius 2 is 1.60 bits per heavy atom. The lowest BCUT2D eigenvalue weighted by molar-refractivity contribution is 0.104. The van der Waals surface area contributed by atoms with Gasteiger partial charge in [0.2, 0.25) is 0 Å². The van der Waals surface area contributed by atoms with Crippen LogP contribution in [0.4, 0.5) is 0 Å². The zero-order chi connectivity index (χ0) is 15.1. The van der Waals surface area contributed by atoms with Crippen LogP contribution in [0.5, 0.6) is 0 Å². The highest BCUT2D eigenvalue weighted by atomic mass is 15.2. The Morgan fingerprint density at radius 3 is 2.15 bits per heavy atom. The summed E-state index contributed by atoms with van der Waals surface area (Å²) in [6.45, 7) is 17.8. The zero-order valence-corrected chi connectivity index (χ0v) is 14.8. The number of hydrogen-bond acceptors (Lipinski definition) is 2. The SMILES string of the molecule is CC(C)CCCN1CC(CC(C)C)NCC1CC(C)C. The van der Waals surface area contributed by atoms with Crippen molar-refractivity contribution < 1.29 is 0 Å². The summed E-state index contributed by atoms with van der Waals surface area (Å²) >= 11 is 0. The molecular weight excluding hydrogens is 244 g/mol. The van der Waals surface area contributed by atoms with E-state index in [9.17, 15) is 0 Å². The van der Waals surface area contributed by atoms with Gasteiger partial charge < -0.3 is 5.32 Å². The molecule has 1 fully saturated rings. The highest BCUT2D eigenvalue weighted by Crippen LogP contribution is 2.19. The minimum atomic E-state index is 0.706. The number of nitrogens with one attached hydrogen (secondary N) is 1. The molecule has 1 saturated heterocycles. The number of rotatable bonds is 8. The Balaban J connectivity index is 2.48. The molecule has 2 heteroatoms. The molecule has 0 aliphatic carbocycles. The Labute approximate surface area is 127 Å². The summed E-state index contributed by atoms with van der Waals surface area (Å²) in [4.78, 5) is 2.78. The third-order valence-electron chi connectivity index (χ3n) is 4.34. The molecule has 0 radical (unpaired) electrons. The quantitative estimate of drug-likeness (QED) is 0.719. The fourth-order valence-electron chi connectivity index (χ4n) is 3.41. The molecule has 1 aliphatic heterocycles. The van der Waals surface area contributed by atoms with Crippen molar-refractivity contribution in [1.29, 1.82) is 0 Å². The third-order valence-corrected chi connectivity index (χ3v) is 4.34. The molecule has 20 heavy (non-hydrogen) atoms.